The van der Waals surface area contributed by atoms with Crippen LogP contribution in [0.25, 0.3) is 44.2 Å². The van der Waals surface area contributed by atoms with Crippen molar-refractivity contribution in [2.45, 2.75) is 43.4 Å². The van der Waals surface area contributed by atoms with Crippen LogP contribution in [0.2, 0.25) is 0 Å². The van der Waals surface area contributed by atoms with Gasteiger partial charge in [-0.15, -0.1) is 0 Å². The second kappa shape index (κ2) is 15.3. The summed E-state index contributed by atoms with van der Waals surface area (Å²) in [5.74, 6) is 0.602. The quantitative estimate of drug-likeness (QED) is 0.149. The van der Waals surface area contributed by atoms with Crippen LogP contribution in [0.3, 0.4) is 0 Å². The number of benzene rings is 9. The van der Waals surface area contributed by atoms with E-state index in [1.54, 1.807) is 0 Å². The van der Waals surface area contributed by atoms with Crippen LogP contribution in [0.4, 0.5) is 17.1 Å². The number of nitrogens with zero attached hydrogens (tertiary/aromatic N) is 1. The molecule has 0 radical (unpaired) electrons. The first-order chi connectivity index (χ1) is 29.8. The molecule has 2 aliphatic rings. The van der Waals surface area contributed by atoms with Gasteiger partial charge in [0.2, 0.25) is 0 Å². The summed E-state index contributed by atoms with van der Waals surface area (Å²) in [4.78, 5) is 2.45. The number of anilines is 3. The van der Waals surface area contributed by atoms with E-state index in [-0.39, 0.29) is 0 Å². The van der Waals surface area contributed by atoms with Gasteiger partial charge >= 0.3 is 0 Å². The van der Waals surface area contributed by atoms with E-state index in [1.807, 2.05) is 0 Å². The molecule has 0 N–H and O–H groups in total. The van der Waals surface area contributed by atoms with Gasteiger partial charge in [0.1, 0.15) is 0 Å². The molecule has 2 aliphatic carbocycles. The Morgan fingerprint density at radius 1 is 0.383 bits per heavy atom. The molecule has 9 aromatic rings. The summed E-state index contributed by atoms with van der Waals surface area (Å²) in [5.41, 5.74) is 17.3. The van der Waals surface area contributed by atoms with Crippen molar-refractivity contribution in [3.8, 4) is 33.4 Å². The molecule has 1 fully saturated rings. The molecule has 0 spiro atoms. The van der Waals surface area contributed by atoms with Crippen LogP contribution in [0.15, 0.2) is 218 Å². The number of rotatable bonds is 8. The maximum atomic E-state index is 2.45. The molecule has 1 saturated carbocycles. The monoisotopic (exact) mass is 769 g/mol. The smallest absolute Gasteiger partial charge is 0.0713 e. The Bertz CT molecular complexity index is 2900. The van der Waals surface area contributed by atoms with Crippen LogP contribution < -0.4 is 4.90 Å². The summed E-state index contributed by atoms with van der Waals surface area (Å²) < 4.78 is 0. The summed E-state index contributed by atoms with van der Waals surface area (Å²) >= 11 is 0. The zero-order chi connectivity index (χ0) is 39.9. The van der Waals surface area contributed by atoms with Gasteiger partial charge in [-0.3, -0.25) is 0 Å². The van der Waals surface area contributed by atoms with E-state index >= 15 is 0 Å². The first kappa shape index (κ1) is 36.1. The Morgan fingerprint density at radius 3 is 1.63 bits per heavy atom. The SMILES string of the molecule is c1ccc(N(c2ccc(-c3cccc4c3-c3ccccc3C4(c3ccccc3)c3ccccc3)cc2)c2ccccc2-c2cccc3cccc(C4CCCCC4)c23)cc1. The van der Waals surface area contributed by atoms with Gasteiger partial charge in [0, 0.05) is 16.9 Å². The molecule has 0 unspecified atom stereocenters. The first-order valence-corrected chi connectivity index (χ1v) is 21.7. The molecular weight excluding hydrogens is 723 g/mol. The van der Waals surface area contributed by atoms with Crippen molar-refractivity contribution in [2.75, 3.05) is 4.90 Å². The molecule has 0 aromatic heterocycles. The number of hydrogen-bond donors (Lipinski definition) is 0. The highest BCUT2D eigenvalue weighted by molar-refractivity contribution is 6.03. The Balaban J connectivity index is 1.06. The third kappa shape index (κ3) is 5.91. The molecular formula is C59H47N. The largest absolute Gasteiger partial charge is 0.310 e. The first-order valence-electron chi connectivity index (χ1n) is 21.7. The summed E-state index contributed by atoms with van der Waals surface area (Å²) in [6.45, 7) is 0. The molecule has 0 bridgehead atoms. The average Bonchev–Trinajstić information content (AvgIpc) is 3.64. The molecule has 9 aromatic carbocycles. The molecule has 0 atom stereocenters. The van der Waals surface area contributed by atoms with E-state index in [2.05, 4.69) is 223 Å². The third-order valence-electron chi connectivity index (χ3n) is 13.4. The molecule has 0 heterocycles. The highest BCUT2D eigenvalue weighted by Crippen LogP contribution is 2.58. The van der Waals surface area contributed by atoms with Crippen molar-refractivity contribution in [3.63, 3.8) is 0 Å². The van der Waals surface area contributed by atoms with Crippen molar-refractivity contribution < 1.29 is 0 Å². The Morgan fingerprint density at radius 2 is 0.917 bits per heavy atom. The molecule has 288 valence electrons. The summed E-state index contributed by atoms with van der Waals surface area (Å²) in [6, 6.07) is 81.1. The van der Waals surface area contributed by atoms with E-state index in [1.165, 1.54) is 110 Å². The number of hydrogen-bond acceptors (Lipinski definition) is 1. The van der Waals surface area contributed by atoms with E-state index < -0.39 is 5.41 Å². The summed E-state index contributed by atoms with van der Waals surface area (Å²) in [6.07, 6.45) is 6.53. The van der Waals surface area contributed by atoms with Gasteiger partial charge in [0.15, 0.2) is 0 Å². The Hall–Kier alpha value is -6.96. The normalized spacial score (nSPS) is 14.4. The lowest BCUT2D eigenvalue weighted by atomic mass is 9.67. The van der Waals surface area contributed by atoms with Crippen LogP contribution in [-0.4, -0.2) is 0 Å². The molecule has 0 saturated heterocycles. The van der Waals surface area contributed by atoms with Crippen LogP contribution in [0.1, 0.15) is 65.8 Å². The van der Waals surface area contributed by atoms with Crippen LogP contribution in [-0.2, 0) is 5.41 Å². The van der Waals surface area contributed by atoms with Gasteiger partial charge in [0.25, 0.3) is 0 Å². The Kier molecular flexibility index (Phi) is 9.23. The molecule has 1 heteroatoms. The van der Waals surface area contributed by atoms with Crippen molar-refractivity contribution in [1.82, 2.24) is 0 Å². The zero-order valence-corrected chi connectivity index (χ0v) is 33.8. The fraction of sp³-hybridized carbons (Fsp3) is 0.119. The fourth-order valence-corrected chi connectivity index (χ4v) is 10.8. The lowest BCUT2D eigenvalue weighted by molar-refractivity contribution is 0.445. The van der Waals surface area contributed by atoms with Gasteiger partial charge in [-0.1, -0.05) is 207 Å². The molecule has 11 rings (SSSR count). The van der Waals surface area contributed by atoms with E-state index in [9.17, 15) is 0 Å². The maximum Gasteiger partial charge on any atom is 0.0713 e. The molecule has 60 heavy (non-hydrogen) atoms. The topological polar surface area (TPSA) is 3.24 Å². The minimum atomic E-state index is -0.434. The van der Waals surface area contributed by atoms with Crippen molar-refractivity contribution in [1.29, 1.82) is 0 Å². The predicted molar refractivity (Wildman–Crippen MR) is 253 cm³/mol. The van der Waals surface area contributed by atoms with Crippen molar-refractivity contribution in [2.24, 2.45) is 0 Å². The van der Waals surface area contributed by atoms with Gasteiger partial charge in [-0.25, -0.2) is 0 Å². The number of para-hydroxylation sites is 2. The van der Waals surface area contributed by atoms with Gasteiger partial charge in [0.05, 0.1) is 11.1 Å². The highest BCUT2D eigenvalue weighted by Gasteiger charge is 2.46. The molecule has 0 aliphatic heterocycles. The van der Waals surface area contributed by atoms with Crippen molar-refractivity contribution in [3.05, 3.63) is 246 Å². The van der Waals surface area contributed by atoms with Gasteiger partial charge in [-0.2, -0.15) is 0 Å². The Labute approximate surface area is 354 Å². The predicted octanol–water partition coefficient (Wildman–Crippen LogP) is 16.1. The van der Waals surface area contributed by atoms with Crippen LogP contribution >= 0.6 is 0 Å². The fourth-order valence-electron chi connectivity index (χ4n) is 10.8. The summed E-state index contributed by atoms with van der Waals surface area (Å²) in [7, 11) is 0. The zero-order valence-electron chi connectivity index (χ0n) is 33.8. The standard InChI is InChI=1S/C59H47N/c1-5-20-42(21-6-1)49-32-17-22-44-23-18-34-52(57(44)49)51-30-14-16-37-56(51)60(47-28-11-4-12-29-47)48-40-38-43(39-41-48)50-33-19-36-55-58(50)53-31-13-15-35-54(53)59(55,45-24-7-2-8-25-45)46-26-9-3-10-27-46/h2-4,7-19,22-42H,1,5-6,20-21H2. The molecule has 0 amide bonds. The number of fused-ring (bicyclic) bond motifs is 4. The van der Waals surface area contributed by atoms with Crippen LogP contribution in [0.5, 0.6) is 0 Å². The second-order valence-electron chi connectivity index (χ2n) is 16.6. The van der Waals surface area contributed by atoms with Gasteiger partial charge in [-0.05, 0) is 115 Å². The highest BCUT2D eigenvalue weighted by atomic mass is 15.1. The second-order valence-corrected chi connectivity index (χ2v) is 16.6. The average molecular weight is 770 g/mol. The summed E-state index contributed by atoms with van der Waals surface area (Å²) in [5, 5.41) is 2.73. The molecule has 1 nitrogen and oxygen atoms in total. The van der Waals surface area contributed by atoms with Gasteiger partial charge < -0.3 is 4.90 Å². The minimum Gasteiger partial charge on any atom is -0.310 e. The lowest BCUT2D eigenvalue weighted by Gasteiger charge is -2.34. The third-order valence-corrected chi connectivity index (χ3v) is 13.4. The van der Waals surface area contributed by atoms with E-state index in [4.69, 9.17) is 0 Å². The van der Waals surface area contributed by atoms with Crippen LogP contribution in [0, 0.1) is 0 Å². The minimum absolute atomic E-state index is 0.434. The van der Waals surface area contributed by atoms with Crippen molar-refractivity contribution >= 4 is 27.8 Å². The maximum absolute atomic E-state index is 2.45. The van der Waals surface area contributed by atoms with E-state index in [0.29, 0.717) is 5.92 Å². The lowest BCUT2D eigenvalue weighted by Crippen LogP contribution is -2.28. The van der Waals surface area contributed by atoms with E-state index in [0.717, 1.165) is 11.4 Å².